The van der Waals surface area contributed by atoms with Crippen LogP contribution in [0.1, 0.15) is 5.56 Å². The Kier molecular flexibility index (Phi) is 7.09. The first-order chi connectivity index (χ1) is 31.1. The van der Waals surface area contributed by atoms with Gasteiger partial charge in [-0.3, -0.25) is 0 Å². The fraction of sp³-hybridized carbons (Fsp3) is 0.0357. The molecular weight excluding hydrogens is 775 g/mol. The Bertz CT molecular complexity index is 3700. The fourth-order valence-corrected chi connectivity index (χ4v) is 10.5. The van der Waals surface area contributed by atoms with Crippen LogP contribution in [0.15, 0.2) is 191 Å². The van der Waals surface area contributed by atoms with E-state index < -0.39 is 0 Å². The van der Waals surface area contributed by atoms with Gasteiger partial charge in [-0.1, -0.05) is 97.1 Å². The van der Waals surface area contributed by atoms with Crippen molar-refractivity contribution >= 4 is 101 Å². The predicted octanol–water partition coefficient (Wildman–Crippen LogP) is 12.9. The number of furan rings is 2. The van der Waals surface area contributed by atoms with Gasteiger partial charge in [-0.05, 0) is 136 Å². The fourth-order valence-electron chi connectivity index (χ4n) is 10.5. The van der Waals surface area contributed by atoms with Crippen molar-refractivity contribution in [3.63, 3.8) is 0 Å². The van der Waals surface area contributed by atoms with Crippen molar-refractivity contribution in [2.45, 2.75) is 6.92 Å². The van der Waals surface area contributed by atoms with Crippen LogP contribution in [0.25, 0.3) is 66.1 Å². The summed E-state index contributed by atoms with van der Waals surface area (Å²) in [5, 5.41) is 4.50. The van der Waals surface area contributed by atoms with E-state index in [0.29, 0.717) is 0 Å². The number of hydrogen-bond acceptors (Lipinski definition) is 6. The first-order valence-electron chi connectivity index (χ1n) is 21.4. The van der Waals surface area contributed by atoms with Crippen molar-refractivity contribution < 1.29 is 18.3 Å². The van der Waals surface area contributed by atoms with E-state index in [1.807, 2.05) is 24.3 Å². The van der Waals surface area contributed by atoms with Crippen LogP contribution >= 0.6 is 0 Å². The first kappa shape index (κ1) is 34.5. The predicted molar refractivity (Wildman–Crippen MR) is 257 cm³/mol. The Morgan fingerprint density at radius 1 is 0.429 bits per heavy atom. The highest BCUT2D eigenvalue weighted by molar-refractivity contribution is 7.00. The van der Waals surface area contributed by atoms with Gasteiger partial charge in [0.1, 0.15) is 22.3 Å². The molecule has 9 aromatic carbocycles. The van der Waals surface area contributed by atoms with Gasteiger partial charge in [0.15, 0.2) is 11.5 Å². The molecule has 296 valence electrons. The van der Waals surface area contributed by atoms with Crippen molar-refractivity contribution in [3.8, 4) is 33.8 Å². The van der Waals surface area contributed by atoms with Crippen LogP contribution in [0.4, 0.5) is 34.1 Å². The molecule has 0 N–H and O–H groups in total. The molecule has 0 atom stereocenters. The smallest absolute Gasteiger partial charge is 0.252 e. The number of rotatable bonds is 4. The topological polar surface area (TPSA) is 51.2 Å². The van der Waals surface area contributed by atoms with Gasteiger partial charge in [-0.25, -0.2) is 0 Å². The minimum absolute atomic E-state index is 0.101. The molecule has 0 amide bonds. The maximum Gasteiger partial charge on any atom is 0.252 e. The lowest BCUT2D eigenvalue weighted by Gasteiger charge is -2.44. The highest BCUT2D eigenvalue weighted by atomic mass is 16.7. The molecule has 7 heteroatoms. The number of ether oxygens (including phenoxy) is 2. The third-order valence-corrected chi connectivity index (χ3v) is 13.3. The van der Waals surface area contributed by atoms with E-state index in [1.165, 1.54) is 16.4 Å². The zero-order valence-electron chi connectivity index (χ0n) is 34.1. The van der Waals surface area contributed by atoms with Gasteiger partial charge in [-0.15, -0.1) is 0 Å². The van der Waals surface area contributed by atoms with E-state index in [1.54, 1.807) is 0 Å². The van der Waals surface area contributed by atoms with Gasteiger partial charge in [0, 0.05) is 50.0 Å². The molecule has 0 saturated carbocycles. The number of nitrogens with zero attached hydrogens (tertiary/aromatic N) is 2. The van der Waals surface area contributed by atoms with E-state index in [0.717, 1.165) is 117 Å². The Morgan fingerprint density at radius 2 is 1.00 bits per heavy atom. The summed E-state index contributed by atoms with van der Waals surface area (Å²) >= 11 is 0. The van der Waals surface area contributed by atoms with Gasteiger partial charge in [-0.2, -0.15) is 0 Å². The molecule has 3 aliphatic rings. The Hall–Kier alpha value is -8.16. The zero-order valence-corrected chi connectivity index (χ0v) is 34.1. The zero-order chi connectivity index (χ0) is 41.3. The third kappa shape index (κ3) is 5.02. The molecule has 3 aliphatic heterocycles. The van der Waals surface area contributed by atoms with E-state index in [9.17, 15) is 0 Å². The first-order valence-corrected chi connectivity index (χ1v) is 21.4. The van der Waals surface area contributed by atoms with Gasteiger partial charge < -0.3 is 28.1 Å². The molecule has 0 fully saturated rings. The molecule has 6 nitrogen and oxygen atoms in total. The Labute approximate surface area is 362 Å². The van der Waals surface area contributed by atoms with E-state index >= 15 is 0 Å². The van der Waals surface area contributed by atoms with Gasteiger partial charge in [0.2, 0.25) is 6.79 Å². The summed E-state index contributed by atoms with van der Waals surface area (Å²) in [4.78, 5) is 4.84. The molecule has 0 bridgehead atoms. The number of hydrogen-bond donors (Lipinski definition) is 0. The van der Waals surface area contributed by atoms with Crippen molar-refractivity contribution in [1.29, 1.82) is 0 Å². The standard InChI is InChI=1S/C56H35BN2O4/c1-33-27-47-54-48(28-33)59(38-9-3-2-4-10-38)55-44(24-26-51-56(55)61-32-60-51)57(54)45-29-35(37-18-23-43-41-12-6-8-14-50(41)63-53(43)31-37)19-25-46(45)58(47)39-20-15-34(16-21-39)36-17-22-42-40-11-5-7-13-49(40)62-52(42)30-36/h2-31H,32H2,1H3. The monoisotopic (exact) mass is 810 g/mol. The van der Waals surface area contributed by atoms with Crippen molar-refractivity contribution in [3.05, 3.63) is 188 Å². The molecule has 11 aromatic rings. The quantitative estimate of drug-likeness (QED) is 0.165. The molecule has 0 spiro atoms. The van der Waals surface area contributed by atoms with Crippen LogP contribution in [0.5, 0.6) is 11.5 Å². The van der Waals surface area contributed by atoms with Crippen LogP contribution in [0.2, 0.25) is 0 Å². The van der Waals surface area contributed by atoms with Gasteiger partial charge >= 0.3 is 0 Å². The minimum Gasteiger partial charge on any atom is -0.456 e. The summed E-state index contributed by atoms with van der Waals surface area (Å²) in [5.41, 5.74) is 19.4. The molecule has 0 unspecified atom stereocenters. The summed E-state index contributed by atoms with van der Waals surface area (Å²) in [6.45, 7) is 2.28. The highest BCUT2D eigenvalue weighted by Gasteiger charge is 2.45. The van der Waals surface area contributed by atoms with Crippen LogP contribution in [0, 0.1) is 6.92 Å². The molecule has 2 aromatic heterocycles. The SMILES string of the molecule is Cc1cc2c3c(c1)N(c1ccccc1)c1c(ccc4c1OCO4)B3c1cc(-c3ccc4c(c3)oc3ccccc34)ccc1N2c1ccc(-c2ccc3c(c2)oc2ccccc23)cc1. The molecule has 63 heavy (non-hydrogen) atoms. The van der Waals surface area contributed by atoms with E-state index in [2.05, 4.69) is 174 Å². The maximum atomic E-state index is 6.40. The molecule has 0 radical (unpaired) electrons. The normalized spacial score (nSPS) is 13.6. The van der Waals surface area contributed by atoms with Crippen LogP contribution in [0.3, 0.4) is 0 Å². The number of para-hydroxylation sites is 3. The van der Waals surface area contributed by atoms with E-state index in [-0.39, 0.29) is 13.5 Å². The highest BCUT2D eigenvalue weighted by Crippen LogP contribution is 2.51. The largest absolute Gasteiger partial charge is 0.456 e. The Balaban J connectivity index is 0.981. The maximum absolute atomic E-state index is 6.40. The summed E-state index contributed by atoms with van der Waals surface area (Å²) < 4.78 is 25.1. The molecule has 14 rings (SSSR count). The van der Waals surface area contributed by atoms with Crippen molar-refractivity contribution in [1.82, 2.24) is 0 Å². The van der Waals surface area contributed by atoms with Crippen LogP contribution in [-0.4, -0.2) is 13.5 Å². The molecule has 0 aliphatic carbocycles. The average Bonchev–Trinajstić information content (AvgIpc) is 4.07. The lowest BCUT2D eigenvalue weighted by atomic mass is 9.33. The molecule has 5 heterocycles. The second-order valence-corrected chi connectivity index (χ2v) is 16.8. The lowest BCUT2D eigenvalue weighted by molar-refractivity contribution is 0.174. The van der Waals surface area contributed by atoms with Crippen LogP contribution < -0.4 is 35.7 Å². The number of fused-ring (bicyclic) bond motifs is 12. The molecule has 0 saturated heterocycles. The van der Waals surface area contributed by atoms with Gasteiger partial charge in [0.05, 0.1) is 5.69 Å². The lowest BCUT2D eigenvalue weighted by Crippen LogP contribution is -2.61. The minimum atomic E-state index is -0.101. The second kappa shape index (κ2) is 12.9. The van der Waals surface area contributed by atoms with Crippen molar-refractivity contribution in [2.24, 2.45) is 0 Å². The summed E-state index contributed by atoms with van der Waals surface area (Å²) in [5.74, 6) is 1.54. The summed E-state index contributed by atoms with van der Waals surface area (Å²) in [6, 6.07) is 65.2. The van der Waals surface area contributed by atoms with Crippen molar-refractivity contribution in [2.75, 3.05) is 16.6 Å². The summed E-state index contributed by atoms with van der Waals surface area (Å²) in [6.07, 6.45) is 0. The van der Waals surface area contributed by atoms with Gasteiger partial charge in [0.25, 0.3) is 6.71 Å². The third-order valence-electron chi connectivity index (χ3n) is 13.3. The second-order valence-electron chi connectivity index (χ2n) is 16.8. The van der Waals surface area contributed by atoms with E-state index in [4.69, 9.17) is 18.3 Å². The summed E-state index contributed by atoms with van der Waals surface area (Å²) in [7, 11) is 0. The Morgan fingerprint density at radius 3 is 1.71 bits per heavy atom. The average molecular weight is 811 g/mol. The number of benzene rings is 9. The number of aryl methyl sites for hydroxylation is 1. The molecular formula is C56H35BN2O4. The van der Waals surface area contributed by atoms with Crippen LogP contribution in [-0.2, 0) is 0 Å². The number of anilines is 6.